The van der Waals surface area contributed by atoms with Crippen LogP contribution in [0.5, 0.6) is 11.5 Å². The van der Waals surface area contributed by atoms with Crippen LogP contribution < -0.4 is 14.8 Å². The molecule has 1 amide bonds. The molecule has 148 valence electrons. The molecule has 3 aromatic rings. The van der Waals surface area contributed by atoms with Crippen LogP contribution in [-0.2, 0) is 6.42 Å². The molecule has 0 saturated carbocycles. The molecule has 0 spiro atoms. The number of fused-ring (bicyclic) bond motifs is 1. The molecule has 1 aliphatic carbocycles. The first-order chi connectivity index (χ1) is 14.3. The molecule has 4 rings (SSSR count). The van der Waals surface area contributed by atoms with Gasteiger partial charge in [-0.25, -0.2) is 0 Å². The molecule has 0 bridgehead atoms. The summed E-state index contributed by atoms with van der Waals surface area (Å²) in [4.78, 5) is 13.0. The molecular weight excluding hydrogens is 362 g/mol. The zero-order valence-electron chi connectivity index (χ0n) is 16.3. The number of benzene rings is 3. The van der Waals surface area contributed by atoms with Crippen molar-refractivity contribution in [1.82, 2.24) is 5.32 Å². The first-order valence-electron chi connectivity index (χ1n) is 10.1. The van der Waals surface area contributed by atoms with E-state index in [1.54, 1.807) is 6.07 Å². The summed E-state index contributed by atoms with van der Waals surface area (Å²) >= 11 is 0. The Morgan fingerprint density at radius 3 is 2.48 bits per heavy atom. The second kappa shape index (κ2) is 9.28. The lowest BCUT2D eigenvalue weighted by Gasteiger charge is -2.26. The quantitative estimate of drug-likeness (QED) is 0.584. The van der Waals surface area contributed by atoms with E-state index >= 15 is 0 Å². The molecule has 0 fully saturated rings. The lowest BCUT2D eigenvalue weighted by Crippen LogP contribution is -2.31. The zero-order chi connectivity index (χ0) is 19.9. The molecule has 4 heteroatoms. The highest BCUT2D eigenvalue weighted by atomic mass is 16.5. The Kier molecular flexibility index (Phi) is 6.10. The molecule has 1 aliphatic rings. The summed E-state index contributed by atoms with van der Waals surface area (Å²) in [6.45, 7) is 0.779. The molecule has 1 N–H and O–H groups in total. The van der Waals surface area contributed by atoms with Gasteiger partial charge >= 0.3 is 0 Å². The molecule has 0 aliphatic heterocycles. The van der Waals surface area contributed by atoms with E-state index in [4.69, 9.17) is 9.47 Å². The van der Waals surface area contributed by atoms with Crippen LogP contribution in [0, 0.1) is 0 Å². The Morgan fingerprint density at radius 1 is 0.862 bits per heavy atom. The van der Waals surface area contributed by atoms with Gasteiger partial charge in [0.25, 0.3) is 5.91 Å². The van der Waals surface area contributed by atoms with Crippen molar-refractivity contribution in [2.75, 3.05) is 13.2 Å². The third kappa shape index (κ3) is 4.77. The zero-order valence-corrected chi connectivity index (χ0v) is 16.3. The molecule has 0 saturated heterocycles. The summed E-state index contributed by atoms with van der Waals surface area (Å²) in [7, 11) is 0. The predicted octanol–water partition coefficient (Wildman–Crippen LogP) is 4.95. The number of carbonyl (C=O) groups excluding carboxylic acids is 1. The molecule has 1 atom stereocenters. The number of para-hydroxylation sites is 2. The second-order valence-electron chi connectivity index (χ2n) is 7.12. The van der Waals surface area contributed by atoms with Crippen molar-refractivity contribution in [2.24, 2.45) is 0 Å². The summed E-state index contributed by atoms with van der Waals surface area (Å²) in [5.74, 6) is 1.27. The van der Waals surface area contributed by atoms with Crippen LogP contribution in [0.15, 0.2) is 78.9 Å². The molecule has 0 aromatic heterocycles. The molecule has 3 aromatic carbocycles. The van der Waals surface area contributed by atoms with Gasteiger partial charge in [-0.1, -0.05) is 54.6 Å². The summed E-state index contributed by atoms with van der Waals surface area (Å²) in [5, 5.41) is 3.20. The number of aryl methyl sites for hydroxylation is 1. The highest BCUT2D eigenvalue weighted by molar-refractivity contribution is 5.97. The molecule has 0 radical (unpaired) electrons. The van der Waals surface area contributed by atoms with Crippen LogP contribution in [0.25, 0.3) is 0 Å². The molecular formula is C25H25NO3. The fraction of sp³-hybridized carbons (Fsp3) is 0.240. The van der Waals surface area contributed by atoms with Crippen LogP contribution in [0.3, 0.4) is 0 Å². The van der Waals surface area contributed by atoms with Gasteiger partial charge in [-0.15, -0.1) is 0 Å². The Labute approximate surface area is 171 Å². The Morgan fingerprint density at radius 2 is 1.59 bits per heavy atom. The number of hydrogen-bond donors (Lipinski definition) is 1. The molecule has 0 heterocycles. The van der Waals surface area contributed by atoms with Gasteiger partial charge in [-0.05, 0) is 54.7 Å². The van der Waals surface area contributed by atoms with E-state index in [2.05, 4.69) is 23.5 Å². The number of nitrogens with one attached hydrogen (secondary N) is 1. The topological polar surface area (TPSA) is 47.6 Å². The number of carbonyl (C=O) groups is 1. The summed E-state index contributed by atoms with van der Waals surface area (Å²) in [5.41, 5.74) is 3.10. The van der Waals surface area contributed by atoms with Crippen molar-refractivity contribution in [1.29, 1.82) is 0 Å². The maximum Gasteiger partial charge on any atom is 0.255 e. The SMILES string of the molecule is O=C(N[C@H]1CCCc2ccccc21)c1ccccc1OCCOc1ccccc1. The molecule has 4 nitrogen and oxygen atoms in total. The third-order valence-electron chi connectivity index (χ3n) is 5.16. The van der Waals surface area contributed by atoms with Gasteiger partial charge in [0.05, 0.1) is 11.6 Å². The summed E-state index contributed by atoms with van der Waals surface area (Å²) in [6, 6.07) is 25.4. The second-order valence-corrected chi connectivity index (χ2v) is 7.12. The number of ether oxygens (including phenoxy) is 2. The number of amides is 1. The fourth-order valence-electron chi connectivity index (χ4n) is 3.75. The normalized spacial score (nSPS) is 15.2. The fourth-order valence-corrected chi connectivity index (χ4v) is 3.75. The van der Waals surface area contributed by atoms with E-state index in [1.807, 2.05) is 54.6 Å². The third-order valence-corrected chi connectivity index (χ3v) is 5.16. The van der Waals surface area contributed by atoms with Crippen molar-refractivity contribution < 1.29 is 14.3 Å². The lowest BCUT2D eigenvalue weighted by molar-refractivity contribution is 0.0927. The largest absolute Gasteiger partial charge is 0.490 e. The highest BCUT2D eigenvalue weighted by Gasteiger charge is 2.23. The maximum atomic E-state index is 13.0. The minimum Gasteiger partial charge on any atom is -0.490 e. The monoisotopic (exact) mass is 387 g/mol. The highest BCUT2D eigenvalue weighted by Crippen LogP contribution is 2.30. The Hall–Kier alpha value is -3.27. The van der Waals surface area contributed by atoms with Gasteiger partial charge < -0.3 is 14.8 Å². The van der Waals surface area contributed by atoms with E-state index in [9.17, 15) is 4.79 Å². The predicted molar refractivity (Wildman–Crippen MR) is 113 cm³/mol. The van der Waals surface area contributed by atoms with Gasteiger partial charge in [0.2, 0.25) is 0 Å². The first-order valence-corrected chi connectivity index (χ1v) is 10.1. The van der Waals surface area contributed by atoms with Crippen molar-refractivity contribution in [3.05, 3.63) is 95.6 Å². The van der Waals surface area contributed by atoms with Crippen molar-refractivity contribution in [3.8, 4) is 11.5 Å². The van der Waals surface area contributed by atoms with E-state index in [1.165, 1.54) is 11.1 Å². The van der Waals surface area contributed by atoms with Crippen LogP contribution in [0.2, 0.25) is 0 Å². The van der Waals surface area contributed by atoms with E-state index in [0.717, 1.165) is 25.0 Å². The van der Waals surface area contributed by atoms with Crippen molar-refractivity contribution in [2.45, 2.75) is 25.3 Å². The molecule has 0 unspecified atom stereocenters. The smallest absolute Gasteiger partial charge is 0.255 e. The van der Waals surface area contributed by atoms with E-state index in [0.29, 0.717) is 24.5 Å². The summed E-state index contributed by atoms with van der Waals surface area (Å²) in [6.07, 6.45) is 3.11. The average molecular weight is 387 g/mol. The number of hydrogen-bond acceptors (Lipinski definition) is 3. The minimum atomic E-state index is -0.105. The van der Waals surface area contributed by atoms with Crippen molar-refractivity contribution >= 4 is 5.91 Å². The van der Waals surface area contributed by atoms with Crippen LogP contribution in [0.4, 0.5) is 0 Å². The minimum absolute atomic E-state index is 0.0434. The average Bonchev–Trinajstić information content (AvgIpc) is 2.78. The standard InChI is InChI=1S/C25H25NO3/c27-25(26-23-15-8-10-19-9-4-5-13-21(19)23)22-14-6-7-16-24(22)29-18-17-28-20-11-2-1-3-12-20/h1-7,9,11-14,16,23H,8,10,15,17-18H2,(H,26,27)/t23-/m0/s1. The van der Waals surface area contributed by atoms with Gasteiger partial charge in [-0.2, -0.15) is 0 Å². The van der Waals surface area contributed by atoms with Crippen molar-refractivity contribution in [3.63, 3.8) is 0 Å². The Bertz CT molecular complexity index is 955. The van der Waals surface area contributed by atoms with Gasteiger partial charge in [0, 0.05) is 0 Å². The van der Waals surface area contributed by atoms with Gasteiger partial charge in [-0.3, -0.25) is 4.79 Å². The first kappa shape index (κ1) is 19.1. The lowest BCUT2D eigenvalue weighted by atomic mass is 9.87. The summed E-state index contributed by atoms with van der Waals surface area (Å²) < 4.78 is 11.5. The number of rotatable bonds is 7. The van der Waals surface area contributed by atoms with Gasteiger partial charge in [0.15, 0.2) is 0 Å². The van der Waals surface area contributed by atoms with Crippen LogP contribution >= 0.6 is 0 Å². The van der Waals surface area contributed by atoms with E-state index in [-0.39, 0.29) is 11.9 Å². The van der Waals surface area contributed by atoms with Gasteiger partial charge in [0.1, 0.15) is 24.7 Å². The maximum absolute atomic E-state index is 13.0. The van der Waals surface area contributed by atoms with Crippen LogP contribution in [0.1, 0.15) is 40.4 Å². The molecule has 29 heavy (non-hydrogen) atoms. The van der Waals surface area contributed by atoms with Crippen LogP contribution in [-0.4, -0.2) is 19.1 Å². The van der Waals surface area contributed by atoms with E-state index < -0.39 is 0 Å². The Balaban J connectivity index is 1.38.